The first-order valence-electron chi connectivity index (χ1n) is 6.39. The molecule has 22 heavy (non-hydrogen) atoms. The molecule has 1 heterocycles. The van der Waals surface area contributed by atoms with Crippen molar-refractivity contribution in [2.75, 3.05) is 54.8 Å². The van der Waals surface area contributed by atoms with Crippen LogP contribution in [0.4, 0.5) is 0 Å². The van der Waals surface area contributed by atoms with Crippen LogP contribution < -0.4 is 0 Å². The van der Waals surface area contributed by atoms with E-state index in [-0.39, 0.29) is 0 Å². The van der Waals surface area contributed by atoms with E-state index >= 15 is 0 Å². The molecule has 4 nitrogen and oxygen atoms in total. The second kappa shape index (κ2) is 12.6. The fourth-order valence-corrected chi connectivity index (χ4v) is 16.3. The molecule has 0 aromatic rings. The van der Waals surface area contributed by atoms with Crippen molar-refractivity contribution >= 4 is 80.9 Å². The van der Waals surface area contributed by atoms with Gasteiger partial charge in [-0.05, 0) is 7.05 Å². The Kier molecular flexibility index (Phi) is 13.4. The van der Waals surface area contributed by atoms with Crippen molar-refractivity contribution in [3.05, 3.63) is 0 Å². The molecule has 0 atom stereocenters. The molecule has 1 saturated heterocycles. The van der Waals surface area contributed by atoms with Gasteiger partial charge in [-0.15, -0.1) is 0 Å². The molecule has 11 heteroatoms. The third-order valence-corrected chi connectivity index (χ3v) is 18.2. The van der Waals surface area contributed by atoms with Crippen molar-refractivity contribution in [3.63, 3.8) is 0 Å². The molecule has 0 unspecified atom stereocenters. The van der Waals surface area contributed by atoms with Crippen molar-refractivity contribution in [1.82, 2.24) is 19.6 Å². The molecule has 1 aliphatic rings. The van der Waals surface area contributed by atoms with Crippen LogP contribution in [0.3, 0.4) is 0 Å². The zero-order chi connectivity index (χ0) is 17.3. The van der Waals surface area contributed by atoms with Gasteiger partial charge in [0.05, 0.1) is 12.5 Å². The second-order valence-corrected chi connectivity index (χ2v) is 18.2. The van der Waals surface area contributed by atoms with Gasteiger partial charge in [-0.2, -0.15) is 0 Å². The van der Waals surface area contributed by atoms with Crippen molar-refractivity contribution in [2.45, 2.75) is 0 Å². The van der Waals surface area contributed by atoms with Gasteiger partial charge in [0.2, 0.25) is 0 Å². The summed E-state index contributed by atoms with van der Waals surface area (Å²) in [6.45, 7) is 0.964. The Morgan fingerprint density at radius 1 is 1.09 bits per heavy atom. The Labute approximate surface area is 168 Å². The van der Waals surface area contributed by atoms with Gasteiger partial charge in [0.25, 0.3) is 0 Å². The summed E-state index contributed by atoms with van der Waals surface area (Å²) in [6, 6.07) is 0. The van der Waals surface area contributed by atoms with Crippen molar-refractivity contribution in [3.8, 4) is 0 Å². The Morgan fingerprint density at radius 3 is 1.86 bits per heavy atom. The summed E-state index contributed by atoms with van der Waals surface area (Å²) in [5, 5.41) is 0. The molecule has 1 aliphatic heterocycles. The molecule has 0 aromatic heterocycles. The van der Waals surface area contributed by atoms with E-state index in [4.69, 9.17) is 36.7 Å². The van der Waals surface area contributed by atoms with Crippen LogP contribution in [0.15, 0.2) is 0 Å². The monoisotopic (exact) mass is 466 g/mol. The van der Waals surface area contributed by atoms with Gasteiger partial charge in [-0.3, -0.25) is 4.90 Å². The van der Waals surface area contributed by atoms with Gasteiger partial charge in [0.15, 0.2) is 0 Å². The molecule has 124 valence electrons. The minimum Gasteiger partial charge on any atom is -0.348 e. The van der Waals surface area contributed by atoms with Gasteiger partial charge in [0, 0.05) is 7.05 Å². The standard InChI is InChI=1S/C5H10N2S2.2C3H7NS2.Zn/c1-6-3-7(2)5(8)9-4-6;2*1-4(2)3(5)6;/h3-4H2,1-2H3;2*1-2H3,(H,5,6);/q;;;+2/p-2. The van der Waals surface area contributed by atoms with Crippen LogP contribution in [0.1, 0.15) is 0 Å². The minimum absolute atomic E-state index is 0.716. The average molecular weight is 468 g/mol. The molecule has 0 spiro atoms. The maximum Gasteiger partial charge on any atom is 0.138 e. The van der Waals surface area contributed by atoms with Gasteiger partial charge < -0.3 is 4.90 Å². The fourth-order valence-electron chi connectivity index (χ4n) is 1.12. The molecule has 0 aliphatic carbocycles. The summed E-state index contributed by atoms with van der Waals surface area (Å²) in [4.78, 5) is 8.25. The first-order chi connectivity index (χ1) is 10.1. The van der Waals surface area contributed by atoms with Crippen molar-refractivity contribution in [2.24, 2.45) is 0 Å². The second-order valence-electron chi connectivity index (χ2n) is 4.96. The average Bonchev–Trinajstić information content (AvgIpc) is 2.43. The Balaban J connectivity index is 0.000000425. The van der Waals surface area contributed by atoms with E-state index in [1.54, 1.807) is 11.8 Å². The molecule has 0 saturated carbocycles. The number of thioether (sulfide) groups is 1. The van der Waals surface area contributed by atoms with E-state index in [2.05, 4.69) is 16.8 Å². The van der Waals surface area contributed by atoms with Crippen LogP contribution in [-0.2, 0) is 14.7 Å². The largest absolute Gasteiger partial charge is 0.348 e. The topological polar surface area (TPSA) is 13.0 Å². The maximum atomic E-state index is 5.16. The minimum atomic E-state index is -0.716. The maximum absolute atomic E-state index is 5.16. The summed E-state index contributed by atoms with van der Waals surface area (Å²) >= 11 is 16.4. The Bertz CT molecular complexity index is 373. The van der Waals surface area contributed by atoms with Crippen LogP contribution >= 0.6 is 67.9 Å². The van der Waals surface area contributed by atoms with Crippen molar-refractivity contribution in [1.29, 1.82) is 0 Å². The normalized spacial score (nSPS) is 14.6. The molecular formula is C11H22N4S6Zn. The molecule has 1 fully saturated rings. The van der Waals surface area contributed by atoms with Crippen LogP contribution in [0, 0.1) is 0 Å². The molecule has 0 amide bonds. The Morgan fingerprint density at radius 2 is 1.55 bits per heavy atom. The molecule has 0 bridgehead atoms. The summed E-state index contributed by atoms with van der Waals surface area (Å²) in [5.74, 6) is 1.03. The first-order valence-corrected chi connectivity index (χ1v) is 17.8. The van der Waals surface area contributed by atoms with Gasteiger partial charge >= 0.3 is 105 Å². The van der Waals surface area contributed by atoms with Crippen molar-refractivity contribution < 1.29 is 14.7 Å². The SMILES string of the molecule is CN(C)C(=S)[S][Zn][S]C(=S)N(C)C.CN1CSC(=S)N(C)C1. The van der Waals surface area contributed by atoms with E-state index in [1.165, 1.54) is 0 Å². The predicted octanol–water partition coefficient (Wildman–Crippen LogP) is 2.86. The zero-order valence-electron chi connectivity index (χ0n) is 13.9. The smallest absolute Gasteiger partial charge is 0.138 e. The van der Waals surface area contributed by atoms with Gasteiger partial charge in [-0.25, -0.2) is 0 Å². The zero-order valence-corrected chi connectivity index (χ0v) is 21.7. The van der Waals surface area contributed by atoms with Crippen LogP contribution in [0.5, 0.6) is 0 Å². The number of nitrogens with zero attached hydrogens (tertiary/aromatic N) is 4. The number of hydrogen-bond acceptors (Lipinski definition) is 7. The third-order valence-electron chi connectivity index (χ3n) is 2.27. The van der Waals surface area contributed by atoms with Crippen LogP contribution in [0.25, 0.3) is 0 Å². The Hall–Kier alpha value is 1.30. The molecule has 0 radical (unpaired) electrons. The molecule has 0 N–H and O–H groups in total. The van der Waals surface area contributed by atoms with E-state index in [0.29, 0.717) is 0 Å². The van der Waals surface area contributed by atoms with Gasteiger partial charge in [0.1, 0.15) is 4.32 Å². The summed E-state index contributed by atoms with van der Waals surface area (Å²) in [7, 11) is 15.7. The summed E-state index contributed by atoms with van der Waals surface area (Å²) in [6.07, 6.45) is 0. The number of thiocarbonyl (C=S) groups is 3. The number of rotatable bonds is 2. The fraction of sp³-hybridized carbons (Fsp3) is 0.727. The van der Waals surface area contributed by atoms with Gasteiger partial charge in [-0.1, -0.05) is 24.0 Å². The van der Waals surface area contributed by atoms with Crippen LogP contribution in [0.2, 0.25) is 0 Å². The first kappa shape index (κ1) is 23.3. The van der Waals surface area contributed by atoms with E-state index in [0.717, 1.165) is 25.5 Å². The third kappa shape index (κ3) is 11.0. The van der Waals surface area contributed by atoms with E-state index < -0.39 is 14.7 Å². The van der Waals surface area contributed by atoms with E-state index in [1.807, 2.05) is 64.5 Å². The summed E-state index contributed by atoms with van der Waals surface area (Å²) < 4.78 is 2.97. The summed E-state index contributed by atoms with van der Waals surface area (Å²) in [5.41, 5.74) is 0. The quantitative estimate of drug-likeness (QED) is 0.442. The van der Waals surface area contributed by atoms with Crippen LogP contribution in [-0.4, -0.2) is 87.4 Å². The number of hydrogen-bond donors (Lipinski definition) is 0. The molecule has 0 aromatic carbocycles. The predicted molar refractivity (Wildman–Crippen MR) is 113 cm³/mol. The van der Waals surface area contributed by atoms with E-state index in [9.17, 15) is 0 Å². The molecular weight excluding hydrogens is 446 g/mol. The molecule has 1 rings (SSSR count).